The summed E-state index contributed by atoms with van der Waals surface area (Å²) in [5, 5.41) is 0. The molecule has 5 aliphatic heterocycles. The van der Waals surface area contributed by atoms with E-state index in [0.717, 1.165) is 28.5 Å². The zero-order valence-electron chi connectivity index (χ0n) is 12.4. The van der Waals surface area contributed by atoms with E-state index in [2.05, 4.69) is 35.8 Å². The lowest BCUT2D eigenvalue weighted by molar-refractivity contribution is 0.899. The zero-order valence-corrected chi connectivity index (χ0v) is 12.4. The summed E-state index contributed by atoms with van der Waals surface area (Å²) in [5.74, 6) is 1.71. The van der Waals surface area contributed by atoms with Gasteiger partial charge in [-0.2, -0.15) is 9.98 Å². The van der Waals surface area contributed by atoms with Gasteiger partial charge in [0.25, 0.3) is 0 Å². The number of aliphatic imine (C=N–C) groups is 5. The summed E-state index contributed by atoms with van der Waals surface area (Å²) in [7, 11) is 0. The average molecular weight is 313 g/mol. The first kappa shape index (κ1) is 12.9. The lowest BCUT2D eigenvalue weighted by atomic mass is 10.3. The van der Waals surface area contributed by atoms with E-state index in [0.29, 0.717) is 17.6 Å². The van der Waals surface area contributed by atoms with Crippen LogP contribution in [-0.2, 0) is 0 Å². The standard InChI is InChI=1S/C17H11N7/c1-2-12-8-13-5-6-15(20-13)21-17-22-16(23-24-17)9-14-4-3-11(19-14)7-10(1)18-12/h1-9H,(H2,20,21,22,23,24). The Balaban J connectivity index is 1.64. The molecule has 0 atom stereocenters. The number of hydrogen-bond acceptors (Lipinski definition) is 7. The van der Waals surface area contributed by atoms with Crippen LogP contribution in [0.4, 0.5) is 0 Å². The zero-order chi connectivity index (χ0) is 15.9. The summed E-state index contributed by atoms with van der Waals surface area (Å²) in [5.41, 5.74) is 10.1. The molecule has 8 bridgehead atoms. The SMILES string of the molecule is C1=CC2=NC1=CC1=NC(=NC3=NC(=CC4=NC(=C2)C=C4)C=C3)NN1. The number of hydrogen-bond donors (Lipinski definition) is 2. The summed E-state index contributed by atoms with van der Waals surface area (Å²) >= 11 is 0. The first-order valence-corrected chi connectivity index (χ1v) is 7.45. The van der Waals surface area contributed by atoms with Gasteiger partial charge in [0.05, 0.1) is 28.5 Å². The van der Waals surface area contributed by atoms with Crippen LogP contribution in [0.1, 0.15) is 0 Å². The molecule has 114 valence electrons. The maximum Gasteiger partial charge on any atom is 0.245 e. The molecule has 5 rings (SSSR count). The number of rotatable bonds is 0. The number of hydrazine groups is 1. The molecule has 0 aromatic carbocycles. The van der Waals surface area contributed by atoms with Crippen molar-refractivity contribution in [1.82, 2.24) is 10.9 Å². The van der Waals surface area contributed by atoms with Crippen LogP contribution in [-0.4, -0.2) is 29.1 Å². The van der Waals surface area contributed by atoms with Crippen molar-refractivity contribution in [3.8, 4) is 0 Å². The van der Waals surface area contributed by atoms with E-state index in [9.17, 15) is 0 Å². The van der Waals surface area contributed by atoms with Crippen LogP contribution in [0, 0.1) is 0 Å². The van der Waals surface area contributed by atoms with Gasteiger partial charge in [-0.15, -0.1) is 0 Å². The van der Waals surface area contributed by atoms with Crippen molar-refractivity contribution in [2.75, 3.05) is 0 Å². The van der Waals surface area contributed by atoms with Crippen LogP contribution in [0.2, 0.25) is 0 Å². The normalized spacial score (nSPS) is 22.7. The molecule has 0 aliphatic carbocycles. The highest BCUT2D eigenvalue weighted by molar-refractivity contribution is 6.14. The molecule has 24 heavy (non-hydrogen) atoms. The second-order valence-electron chi connectivity index (χ2n) is 5.43. The Labute approximate surface area is 137 Å². The fourth-order valence-corrected chi connectivity index (χ4v) is 2.58. The topological polar surface area (TPSA) is 85.9 Å². The van der Waals surface area contributed by atoms with Crippen molar-refractivity contribution in [2.45, 2.75) is 0 Å². The minimum atomic E-state index is 0.463. The van der Waals surface area contributed by atoms with Gasteiger partial charge in [0.1, 0.15) is 0 Å². The number of amidine groups is 2. The molecular weight excluding hydrogens is 302 g/mol. The maximum atomic E-state index is 4.56. The number of nitrogens with zero attached hydrogens (tertiary/aromatic N) is 5. The number of nitrogens with one attached hydrogen (secondary N) is 2. The molecule has 2 N–H and O–H groups in total. The van der Waals surface area contributed by atoms with Gasteiger partial charge < -0.3 is 0 Å². The monoisotopic (exact) mass is 313 g/mol. The van der Waals surface area contributed by atoms with Gasteiger partial charge in [0, 0.05) is 6.08 Å². The summed E-state index contributed by atoms with van der Waals surface area (Å²) in [6.07, 6.45) is 17.3. The predicted octanol–water partition coefficient (Wildman–Crippen LogP) is 1.50. The van der Waals surface area contributed by atoms with Gasteiger partial charge in [0.15, 0.2) is 11.7 Å². The van der Waals surface area contributed by atoms with E-state index >= 15 is 0 Å². The van der Waals surface area contributed by atoms with Crippen molar-refractivity contribution in [3.63, 3.8) is 0 Å². The van der Waals surface area contributed by atoms with Crippen LogP contribution in [0.5, 0.6) is 0 Å². The summed E-state index contributed by atoms with van der Waals surface area (Å²) < 4.78 is 0. The third-order valence-corrected chi connectivity index (χ3v) is 3.64. The molecule has 0 spiro atoms. The van der Waals surface area contributed by atoms with Crippen LogP contribution < -0.4 is 10.9 Å². The van der Waals surface area contributed by atoms with E-state index in [1.54, 1.807) is 0 Å². The molecule has 7 nitrogen and oxygen atoms in total. The molecule has 0 fully saturated rings. The first-order chi connectivity index (χ1) is 11.8. The second-order valence-corrected chi connectivity index (χ2v) is 5.43. The largest absolute Gasteiger partial charge is 0.282 e. The van der Waals surface area contributed by atoms with Crippen molar-refractivity contribution in [2.24, 2.45) is 25.0 Å². The predicted molar refractivity (Wildman–Crippen MR) is 95.1 cm³/mol. The highest BCUT2D eigenvalue weighted by Gasteiger charge is 2.14. The third-order valence-electron chi connectivity index (χ3n) is 3.64. The number of guanidine groups is 1. The average Bonchev–Trinajstić information content (AvgIpc) is 3.32. The van der Waals surface area contributed by atoms with Crippen molar-refractivity contribution in [1.29, 1.82) is 0 Å². The van der Waals surface area contributed by atoms with E-state index in [1.807, 2.05) is 54.7 Å². The van der Waals surface area contributed by atoms with Gasteiger partial charge in [-0.3, -0.25) is 10.9 Å². The molecule has 0 unspecified atom stereocenters. The number of fused-ring (bicyclic) bond motifs is 4. The minimum absolute atomic E-state index is 0.463. The molecule has 0 aromatic heterocycles. The highest BCUT2D eigenvalue weighted by atomic mass is 15.5. The van der Waals surface area contributed by atoms with Crippen LogP contribution in [0.15, 0.2) is 96.7 Å². The molecule has 0 aromatic rings. The smallest absolute Gasteiger partial charge is 0.245 e. The van der Waals surface area contributed by atoms with Gasteiger partial charge in [-0.05, 0) is 48.6 Å². The molecule has 7 heteroatoms. The fraction of sp³-hybridized carbons (Fsp3) is 0. The number of allylic oxidation sites excluding steroid dienone is 7. The van der Waals surface area contributed by atoms with Crippen LogP contribution in [0.3, 0.4) is 0 Å². The van der Waals surface area contributed by atoms with Gasteiger partial charge in [0.2, 0.25) is 5.96 Å². The molecule has 0 amide bonds. The third kappa shape index (κ3) is 2.38. The second kappa shape index (κ2) is 4.95. The van der Waals surface area contributed by atoms with Crippen LogP contribution >= 0.6 is 0 Å². The molecule has 0 saturated heterocycles. The van der Waals surface area contributed by atoms with E-state index < -0.39 is 0 Å². The lowest BCUT2D eigenvalue weighted by Crippen LogP contribution is -2.32. The maximum absolute atomic E-state index is 4.56. The van der Waals surface area contributed by atoms with E-state index in [-0.39, 0.29) is 0 Å². The molecule has 0 saturated carbocycles. The Bertz CT molecular complexity index is 988. The summed E-state index contributed by atoms with van der Waals surface area (Å²) in [6.45, 7) is 0. The van der Waals surface area contributed by atoms with Gasteiger partial charge >= 0.3 is 0 Å². The first-order valence-electron chi connectivity index (χ1n) is 7.45. The Morgan fingerprint density at radius 2 is 1.21 bits per heavy atom. The Morgan fingerprint density at radius 1 is 0.542 bits per heavy atom. The Hall–Kier alpha value is -3.61. The van der Waals surface area contributed by atoms with Crippen LogP contribution in [0.25, 0.3) is 0 Å². The molecule has 5 aliphatic rings. The fourth-order valence-electron chi connectivity index (χ4n) is 2.58. The quantitative estimate of drug-likeness (QED) is 0.710. The highest BCUT2D eigenvalue weighted by Crippen LogP contribution is 2.17. The van der Waals surface area contributed by atoms with E-state index in [4.69, 9.17) is 0 Å². The van der Waals surface area contributed by atoms with Crippen molar-refractivity contribution >= 4 is 29.1 Å². The van der Waals surface area contributed by atoms with Gasteiger partial charge in [-0.1, -0.05) is 0 Å². The van der Waals surface area contributed by atoms with E-state index in [1.165, 1.54) is 0 Å². The lowest BCUT2D eigenvalue weighted by Gasteiger charge is -1.96. The summed E-state index contributed by atoms with van der Waals surface area (Å²) in [4.78, 5) is 22.3. The molecule has 5 heterocycles. The Morgan fingerprint density at radius 3 is 2.00 bits per heavy atom. The minimum Gasteiger partial charge on any atom is -0.282 e. The molecular formula is C17H11N7. The van der Waals surface area contributed by atoms with Gasteiger partial charge in [-0.25, -0.2) is 15.0 Å². The van der Waals surface area contributed by atoms with Crippen molar-refractivity contribution < 1.29 is 0 Å². The molecule has 0 radical (unpaired) electrons. The summed E-state index contributed by atoms with van der Waals surface area (Å²) in [6, 6.07) is 0. The van der Waals surface area contributed by atoms with Crippen molar-refractivity contribution in [3.05, 3.63) is 71.8 Å². The Kier molecular flexibility index (Phi) is 2.66.